The maximum atomic E-state index is 12.3. The topological polar surface area (TPSA) is 79.5 Å². The van der Waals surface area contributed by atoms with Crippen LogP contribution in [-0.4, -0.2) is 47.2 Å². The van der Waals surface area contributed by atoms with Gasteiger partial charge in [0, 0.05) is 20.0 Å². The number of carbonyl (C=O) groups is 3. The summed E-state index contributed by atoms with van der Waals surface area (Å²) in [6.07, 6.45) is 1.23. The van der Waals surface area contributed by atoms with Crippen LogP contribution in [0.2, 0.25) is 0 Å². The van der Waals surface area contributed by atoms with Gasteiger partial charge < -0.3 is 14.6 Å². The van der Waals surface area contributed by atoms with E-state index < -0.39 is 0 Å². The molecule has 0 unspecified atom stereocenters. The number of hydrogen-bond donors (Lipinski definition) is 1. The van der Waals surface area contributed by atoms with Crippen molar-refractivity contribution in [2.45, 2.75) is 26.7 Å². The molecule has 0 saturated carbocycles. The zero-order valence-electron chi connectivity index (χ0n) is 12.3. The number of nitrogens with zero attached hydrogens (tertiary/aromatic N) is 1. The summed E-state index contributed by atoms with van der Waals surface area (Å²) in [4.78, 5) is 39.7. The number of piperidine rings is 1. The van der Waals surface area contributed by atoms with E-state index >= 15 is 0 Å². The number of hydrogen-bond acceptors (Lipinski definition) is 4. The third kappa shape index (κ3) is 3.51. The molecule has 6 nitrogen and oxygen atoms in total. The van der Waals surface area contributed by atoms with Crippen LogP contribution in [0, 0.1) is 5.92 Å². The van der Waals surface area contributed by atoms with Crippen molar-refractivity contribution in [3.05, 3.63) is 23.5 Å². The number of rotatable bonds is 4. The monoisotopic (exact) mass is 292 g/mol. The first-order chi connectivity index (χ1) is 10.0. The molecule has 0 atom stereocenters. The molecule has 6 heteroatoms. The number of ether oxygens (including phenoxy) is 1. The molecule has 0 spiro atoms. The highest BCUT2D eigenvalue weighted by Crippen LogP contribution is 2.20. The van der Waals surface area contributed by atoms with Gasteiger partial charge >= 0.3 is 5.97 Å². The Morgan fingerprint density at radius 3 is 2.38 bits per heavy atom. The number of esters is 1. The zero-order chi connectivity index (χ0) is 15.4. The molecule has 2 rings (SSSR count). The Bertz CT molecular complexity index is 542. The summed E-state index contributed by atoms with van der Waals surface area (Å²) < 4.78 is 5.01. The van der Waals surface area contributed by atoms with E-state index in [9.17, 15) is 14.4 Å². The molecule has 0 aromatic carbocycles. The minimum Gasteiger partial charge on any atom is -0.466 e. The lowest BCUT2D eigenvalue weighted by Crippen LogP contribution is -2.40. The van der Waals surface area contributed by atoms with Crippen molar-refractivity contribution in [3.8, 4) is 0 Å². The summed E-state index contributed by atoms with van der Waals surface area (Å²) in [5.41, 5.74) is 0.842. The molecule has 1 amide bonds. The Morgan fingerprint density at radius 2 is 1.86 bits per heavy atom. The predicted molar refractivity (Wildman–Crippen MR) is 76.1 cm³/mol. The van der Waals surface area contributed by atoms with Gasteiger partial charge in [0.1, 0.15) is 5.69 Å². The van der Waals surface area contributed by atoms with Crippen LogP contribution >= 0.6 is 0 Å². The van der Waals surface area contributed by atoms with E-state index in [1.165, 1.54) is 6.92 Å². The number of carbonyl (C=O) groups excluding carboxylic acids is 3. The maximum absolute atomic E-state index is 12.3. The van der Waals surface area contributed by atoms with Crippen LogP contribution < -0.4 is 0 Å². The summed E-state index contributed by atoms with van der Waals surface area (Å²) in [6.45, 7) is 4.67. The SMILES string of the molecule is CCOC(=O)C1CCN(C(=O)c2ccc(C(C)=O)[nH]2)CC1. The van der Waals surface area contributed by atoms with Crippen LogP contribution in [0.5, 0.6) is 0 Å². The average Bonchev–Trinajstić information content (AvgIpc) is 2.97. The van der Waals surface area contributed by atoms with Gasteiger partial charge in [-0.1, -0.05) is 0 Å². The third-order valence-electron chi connectivity index (χ3n) is 3.70. The standard InChI is InChI=1S/C15H20N2O4/c1-3-21-15(20)11-6-8-17(9-7-11)14(19)13-5-4-12(16-13)10(2)18/h4-5,11,16H,3,6-9H2,1-2H3. The van der Waals surface area contributed by atoms with Crippen molar-refractivity contribution in [3.63, 3.8) is 0 Å². The van der Waals surface area contributed by atoms with Crippen LogP contribution in [0.4, 0.5) is 0 Å². The largest absolute Gasteiger partial charge is 0.466 e. The fourth-order valence-electron chi connectivity index (χ4n) is 2.47. The molecule has 1 aliphatic rings. The van der Waals surface area contributed by atoms with Crippen molar-refractivity contribution in [1.82, 2.24) is 9.88 Å². The molecule has 0 bridgehead atoms. The Balaban J connectivity index is 1.93. The minimum absolute atomic E-state index is 0.102. The molecule has 1 aliphatic heterocycles. The van der Waals surface area contributed by atoms with Gasteiger partial charge in [-0.05, 0) is 31.9 Å². The molecule has 114 valence electrons. The third-order valence-corrected chi connectivity index (χ3v) is 3.70. The molecule has 1 aromatic rings. The summed E-state index contributed by atoms with van der Waals surface area (Å²) in [5, 5.41) is 0. The molecule has 1 N–H and O–H groups in total. The lowest BCUT2D eigenvalue weighted by molar-refractivity contribution is -0.149. The lowest BCUT2D eigenvalue weighted by Gasteiger charge is -2.30. The summed E-state index contributed by atoms with van der Waals surface area (Å²) in [5.74, 6) is -0.534. The lowest BCUT2D eigenvalue weighted by atomic mass is 9.97. The Kier molecular flexibility index (Phi) is 4.77. The van der Waals surface area contributed by atoms with Gasteiger partial charge in [0.2, 0.25) is 0 Å². The molecule has 0 aliphatic carbocycles. The van der Waals surface area contributed by atoms with Gasteiger partial charge in [-0.2, -0.15) is 0 Å². The molecule has 1 aromatic heterocycles. The predicted octanol–water partition coefficient (Wildman–Crippen LogP) is 1.63. The van der Waals surface area contributed by atoms with Crippen molar-refractivity contribution >= 4 is 17.7 Å². The quantitative estimate of drug-likeness (QED) is 0.675. The van der Waals surface area contributed by atoms with Crippen LogP contribution in [0.1, 0.15) is 47.7 Å². The van der Waals surface area contributed by atoms with Crippen LogP contribution in [0.25, 0.3) is 0 Å². The number of aromatic amines is 1. The Morgan fingerprint density at radius 1 is 1.24 bits per heavy atom. The molecule has 21 heavy (non-hydrogen) atoms. The Hall–Kier alpha value is -2.11. The van der Waals surface area contributed by atoms with E-state index in [0.717, 1.165) is 0 Å². The zero-order valence-corrected chi connectivity index (χ0v) is 12.3. The highest BCUT2D eigenvalue weighted by atomic mass is 16.5. The molecule has 0 radical (unpaired) electrons. The first-order valence-electron chi connectivity index (χ1n) is 7.18. The van der Waals surface area contributed by atoms with E-state index in [1.54, 1.807) is 24.0 Å². The summed E-state index contributed by atoms with van der Waals surface area (Å²) in [6, 6.07) is 3.23. The van der Waals surface area contributed by atoms with Gasteiger partial charge in [-0.15, -0.1) is 0 Å². The van der Waals surface area contributed by atoms with Crippen molar-refractivity contribution in [1.29, 1.82) is 0 Å². The number of likely N-dealkylation sites (tertiary alicyclic amines) is 1. The summed E-state index contributed by atoms with van der Waals surface area (Å²) in [7, 11) is 0. The first kappa shape index (κ1) is 15.3. The van der Waals surface area contributed by atoms with Crippen molar-refractivity contribution in [2.24, 2.45) is 5.92 Å². The van der Waals surface area contributed by atoms with E-state index in [1.807, 2.05) is 0 Å². The Labute approximate surface area is 123 Å². The fourth-order valence-corrected chi connectivity index (χ4v) is 2.47. The van der Waals surface area contributed by atoms with Crippen molar-refractivity contribution < 1.29 is 19.1 Å². The van der Waals surface area contributed by atoms with Gasteiger partial charge in [-0.3, -0.25) is 14.4 Å². The van der Waals surface area contributed by atoms with Gasteiger partial charge in [0.15, 0.2) is 5.78 Å². The summed E-state index contributed by atoms with van der Waals surface area (Å²) >= 11 is 0. The van der Waals surface area contributed by atoms with Crippen LogP contribution in [0.3, 0.4) is 0 Å². The number of aromatic nitrogens is 1. The van der Waals surface area contributed by atoms with Gasteiger partial charge in [0.25, 0.3) is 5.91 Å². The first-order valence-corrected chi connectivity index (χ1v) is 7.18. The second-order valence-electron chi connectivity index (χ2n) is 5.16. The van der Waals surface area contributed by atoms with Gasteiger partial charge in [0.05, 0.1) is 18.2 Å². The number of nitrogens with one attached hydrogen (secondary N) is 1. The molecule has 1 saturated heterocycles. The van der Waals surface area contributed by atoms with Crippen LogP contribution in [0.15, 0.2) is 12.1 Å². The van der Waals surface area contributed by atoms with Gasteiger partial charge in [-0.25, -0.2) is 0 Å². The number of H-pyrrole nitrogens is 1. The van der Waals surface area contributed by atoms with Crippen molar-refractivity contribution in [2.75, 3.05) is 19.7 Å². The molecule has 1 fully saturated rings. The second-order valence-corrected chi connectivity index (χ2v) is 5.16. The van der Waals surface area contributed by atoms with E-state index in [-0.39, 0.29) is 23.6 Å². The van der Waals surface area contributed by atoms with Crippen LogP contribution in [-0.2, 0) is 9.53 Å². The highest BCUT2D eigenvalue weighted by molar-refractivity contribution is 5.97. The number of ketones is 1. The average molecular weight is 292 g/mol. The normalized spacial score (nSPS) is 15.8. The van der Waals surface area contributed by atoms with E-state index in [2.05, 4.69) is 4.98 Å². The molecular weight excluding hydrogens is 272 g/mol. The highest BCUT2D eigenvalue weighted by Gasteiger charge is 2.29. The fraction of sp³-hybridized carbons (Fsp3) is 0.533. The maximum Gasteiger partial charge on any atom is 0.309 e. The van der Waals surface area contributed by atoms with E-state index in [0.29, 0.717) is 43.9 Å². The number of Topliss-reactive ketones (excluding diaryl/α,β-unsaturated/α-hetero) is 1. The second kappa shape index (κ2) is 6.56. The minimum atomic E-state index is -0.177. The molecular formula is C15H20N2O4. The molecule has 2 heterocycles. The van der Waals surface area contributed by atoms with E-state index in [4.69, 9.17) is 4.74 Å². The number of amides is 1. The smallest absolute Gasteiger partial charge is 0.309 e.